The SMILES string of the molecule is O=S(=O)(Nc1cccc(Cl)c1Cl)c1cccc(Br)c1. The van der Waals surface area contributed by atoms with E-state index in [2.05, 4.69) is 20.7 Å². The topological polar surface area (TPSA) is 46.2 Å². The van der Waals surface area contributed by atoms with E-state index < -0.39 is 10.0 Å². The molecule has 0 saturated heterocycles. The first-order chi connectivity index (χ1) is 8.90. The molecule has 0 spiro atoms. The minimum absolute atomic E-state index is 0.137. The van der Waals surface area contributed by atoms with Gasteiger partial charge in [0.1, 0.15) is 0 Å². The fourth-order valence-electron chi connectivity index (χ4n) is 1.42. The molecule has 2 aromatic carbocycles. The number of halogens is 3. The van der Waals surface area contributed by atoms with Crippen molar-refractivity contribution in [1.29, 1.82) is 0 Å². The molecule has 0 amide bonds. The van der Waals surface area contributed by atoms with Crippen LogP contribution in [-0.4, -0.2) is 8.42 Å². The molecule has 7 heteroatoms. The Kier molecular flexibility index (Phi) is 4.40. The molecular formula is C12H8BrCl2NO2S. The van der Waals surface area contributed by atoms with Gasteiger partial charge in [-0.05, 0) is 30.3 Å². The summed E-state index contributed by atoms with van der Waals surface area (Å²) in [5, 5.41) is 0.457. The van der Waals surface area contributed by atoms with Crippen molar-refractivity contribution in [3.05, 3.63) is 57.0 Å². The maximum absolute atomic E-state index is 12.2. The molecule has 0 heterocycles. The van der Waals surface area contributed by atoms with E-state index in [4.69, 9.17) is 23.2 Å². The van der Waals surface area contributed by atoms with Gasteiger partial charge in [0, 0.05) is 4.47 Å². The Hall–Kier alpha value is -0.750. The van der Waals surface area contributed by atoms with Gasteiger partial charge in [0.2, 0.25) is 0 Å². The number of hydrogen-bond donors (Lipinski definition) is 1. The van der Waals surface area contributed by atoms with Crippen LogP contribution >= 0.6 is 39.1 Å². The Morgan fingerprint density at radius 1 is 1.05 bits per heavy atom. The summed E-state index contributed by atoms with van der Waals surface area (Å²) in [6.45, 7) is 0. The number of nitrogens with one attached hydrogen (secondary N) is 1. The van der Waals surface area contributed by atoms with Crippen molar-refractivity contribution in [2.45, 2.75) is 4.90 Å². The van der Waals surface area contributed by atoms with Gasteiger partial charge in [-0.3, -0.25) is 4.72 Å². The van der Waals surface area contributed by atoms with Gasteiger partial charge in [-0.2, -0.15) is 0 Å². The van der Waals surface area contributed by atoms with Gasteiger partial charge in [-0.1, -0.05) is 51.3 Å². The largest absolute Gasteiger partial charge is 0.278 e. The summed E-state index contributed by atoms with van der Waals surface area (Å²) in [5.41, 5.74) is 0.245. The summed E-state index contributed by atoms with van der Waals surface area (Å²) in [5.74, 6) is 0. The molecule has 0 radical (unpaired) electrons. The normalized spacial score (nSPS) is 11.3. The highest BCUT2D eigenvalue weighted by Crippen LogP contribution is 2.31. The first-order valence-corrected chi connectivity index (χ1v) is 8.16. The fourth-order valence-corrected chi connectivity index (χ4v) is 3.49. The van der Waals surface area contributed by atoms with Crippen LogP contribution in [0.1, 0.15) is 0 Å². The van der Waals surface area contributed by atoms with Gasteiger partial charge in [0.25, 0.3) is 10.0 Å². The Labute approximate surface area is 129 Å². The van der Waals surface area contributed by atoms with Crippen molar-refractivity contribution in [2.75, 3.05) is 4.72 Å². The van der Waals surface area contributed by atoms with Crippen molar-refractivity contribution in [3.63, 3.8) is 0 Å². The van der Waals surface area contributed by atoms with Gasteiger partial charge in [0.05, 0.1) is 20.6 Å². The lowest BCUT2D eigenvalue weighted by Gasteiger charge is -2.10. The van der Waals surface area contributed by atoms with Gasteiger partial charge < -0.3 is 0 Å². The Balaban J connectivity index is 2.39. The second-order valence-corrected chi connectivity index (χ2v) is 7.05. The fraction of sp³-hybridized carbons (Fsp3) is 0. The quantitative estimate of drug-likeness (QED) is 0.848. The molecule has 0 unspecified atom stereocenters. The van der Waals surface area contributed by atoms with E-state index in [9.17, 15) is 8.42 Å². The lowest BCUT2D eigenvalue weighted by atomic mass is 10.3. The number of hydrogen-bond acceptors (Lipinski definition) is 2. The van der Waals surface area contributed by atoms with Crippen LogP contribution in [0.5, 0.6) is 0 Å². The van der Waals surface area contributed by atoms with E-state index in [1.807, 2.05) is 0 Å². The smallest absolute Gasteiger partial charge is 0.261 e. The lowest BCUT2D eigenvalue weighted by molar-refractivity contribution is 0.601. The van der Waals surface area contributed by atoms with Crippen molar-refractivity contribution in [1.82, 2.24) is 0 Å². The minimum atomic E-state index is -3.70. The molecule has 2 aromatic rings. The number of sulfonamides is 1. The third kappa shape index (κ3) is 3.42. The molecule has 0 atom stereocenters. The highest BCUT2D eigenvalue weighted by atomic mass is 79.9. The second-order valence-electron chi connectivity index (χ2n) is 3.66. The van der Waals surface area contributed by atoms with Crippen LogP contribution in [0.3, 0.4) is 0 Å². The molecule has 0 fully saturated rings. The first-order valence-electron chi connectivity index (χ1n) is 5.12. The van der Waals surface area contributed by atoms with Crippen LogP contribution in [0.25, 0.3) is 0 Å². The predicted molar refractivity (Wildman–Crippen MR) is 81.4 cm³/mol. The Morgan fingerprint density at radius 2 is 1.74 bits per heavy atom. The van der Waals surface area contributed by atoms with Gasteiger partial charge in [-0.25, -0.2) is 8.42 Å². The zero-order valence-electron chi connectivity index (χ0n) is 9.40. The maximum atomic E-state index is 12.2. The van der Waals surface area contributed by atoms with Crippen molar-refractivity contribution < 1.29 is 8.42 Å². The van der Waals surface area contributed by atoms with Crippen LogP contribution in [0.2, 0.25) is 10.0 Å². The lowest BCUT2D eigenvalue weighted by Crippen LogP contribution is -2.13. The summed E-state index contributed by atoms with van der Waals surface area (Å²) in [7, 11) is -3.70. The van der Waals surface area contributed by atoms with E-state index in [0.29, 0.717) is 4.47 Å². The molecule has 0 aliphatic carbocycles. The number of benzene rings is 2. The highest BCUT2D eigenvalue weighted by Gasteiger charge is 2.16. The van der Waals surface area contributed by atoms with E-state index in [1.165, 1.54) is 12.1 Å². The van der Waals surface area contributed by atoms with E-state index in [0.717, 1.165) is 0 Å². The third-order valence-corrected chi connectivity index (χ3v) is 4.98. The summed E-state index contributed by atoms with van der Waals surface area (Å²) in [4.78, 5) is 0.137. The number of anilines is 1. The molecule has 19 heavy (non-hydrogen) atoms. The molecule has 0 aliphatic rings. The molecule has 3 nitrogen and oxygen atoms in total. The molecule has 1 N–H and O–H groups in total. The molecule has 0 saturated carbocycles. The highest BCUT2D eigenvalue weighted by molar-refractivity contribution is 9.10. The van der Waals surface area contributed by atoms with Gasteiger partial charge in [0.15, 0.2) is 0 Å². The molecule has 100 valence electrons. The third-order valence-electron chi connectivity index (χ3n) is 2.30. The molecular weight excluding hydrogens is 373 g/mol. The van der Waals surface area contributed by atoms with Gasteiger partial charge >= 0.3 is 0 Å². The first kappa shape index (κ1) is 14.7. The van der Waals surface area contributed by atoms with Crippen LogP contribution in [0.15, 0.2) is 51.8 Å². The van der Waals surface area contributed by atoms with E-state index in [1.54, 1.807) is 30.3 Å². The molecule has 0 aromatic heterocycles. The Morgan fingerprint density at radius 3 is 2.42 bits per heavy atom. The monoisotopic (exact) mass is 379 g/mol. The number of rotatable bonds is 3. The average molecular weight is 381 g/mol. The Bertz CT molecular complexity index is 719. The van der Waals surface area contributed by atoms with Crippen LogP contribution in [0, 0.1) is 0 Å². The van der Waals surface area contributed by atoms with Crippen molar-refractivity contribution >= 4 is 54.8 Å². The van der Waals surface area contributed by atoms with Crippen LogP contribution < -0.4 is 4.72 Å². The van der Waals surface area contributed by atoms with E-state index in [-0.39, 0.29) is 20.6 Å². The summed E-state index contributed by atoms with van der Waals surface area (Å²) in [6, 6.07) is 11.1. The minimum Gasteiger partial charge on any atom is -0.278 e. The van der Waals surface area contributed by atoms with Crippen molar-refractivity contribution in [3.8, 4) is 0 Å². The average Bonchev–Trinajstić information content (AvgIpc) is 2.35. The van der Waals surface area contributed by atoms with Crippen LogP contribution in [0.4, 0.5) is 5.69 Å². The second kappa shape index (κ2) is 5.71. The van der Waals surface area contributed by atoms with Crippen molar-refractivity contribution in [2.24, 2.45) is 0 Å². The van der Waals surface area contributed by atoms with Crippen LogP contribution in [-0.2, 0) is 10.0 Å². The summed E-state index contributed by atoms with van der Waals surface area (Å²) < 4.78 is 27.4. The molecule has 0 aliphatic heterocycles. The van der Waals surface area contributed by atoms with E-state index >= 15 is 0 Å². The zero-order valence-corrected chi connectivity index (χ0v) is 13.3. The summed E-state index contributed by atoms with van der Waals surface area (Å²) in [6.07, 6.45) is 0. The molecule has 2 rings (SSSR count). The maximum Gasteiger partial charge on any atom is 0.261 e. The standard InChI is InChI=1S/C12H8BrCl2NO2S/c13-8-3-1-4-9(7-8)19(17,18)16-11-6-2-5-10(14)12(11)15/h1-7,16H. The molecule has 0 bridgehead atoms. The summed E-state index contributed by atoms with van der Waals surface area (Å²) >= 11 is 15.0. The predicted octanol–water partition coefficient (Wildman–Crippen LogP) is 4.56. The van der Waals surface area contributed by atoms with Gasteiger partial charge in [-0.15, -0.1) is 0 Å². The zero-order chi connectivity index (χ0) is 14.0.